The number of benzene rings is 3. The lowest BCUT2D eigenvalue weighted by Crippen LogP contribution is -2.52. The summed E-state index contributed by atoms with van der Waals surface area (Å²) in [5.41, 5.74) is 0.852. The molecule has 0 saturated heterocycles. The number of carbonyl (C=O) groups excluding carboxylic acids is 2. The lowest BCUT2D eigenvalue weighted by Gasteiger charge is -2.33. The zero-order valence-corrected chi connectivity index (χ0v) is 23.8. The average Bonchev–Trinajstić information content (AvgIpc) is 2.96. The molecule has 0 unspecified atom stereocenters. The summed E-state index contributed by atoms with van der Waals surface area (Å²) in [6, 6.07) is 17.1. The van der Waals surface area contributed by atoms with Crippen LogP contribution < -0.4 is 19.1 Å². The minimum absolute atomic E-state index is 0.0789. The van der Waals surface area contributed by atoms with Gasteiger partial charge in [0, 0.05) is 19.2 Å². The number of halogens is 1. The first-order valence-corrected chi connectivity index (χ1v) is 14.2. The van der Waals surface area contributed by atoms with Gasteiger partial charge in [-0.15, -0.1) is 0 Å². The molecule has 0 fully saturated rings. The summed E-state index contributed by atoms with van der Waals surface area (Å²) in [6.45, 7) is 3.38. The highest BCUT2D eigenvalue weighted by Crippen LogP contribution is 2.32. The topological polar surface area (TPSA) is 105 Å². The third kappa shape index (κ3) is 7.09. The van der Waals surface area contributed by atoms with Crippen molar-refractivity contribution in [3.8, 4) is 11.5 Å². The Morgan fingerprint density at radius 2 is 1.57 bits per heavy atom. The summed E-state index contributed by atoms with van der Waals surface area (Å²) < 4.78 is 53.1. The van der Waals surface area contributed by atoms with Gasteiger partial charge in [-0.1, -0.05) is 37.3 Å². The van der Waals surface area contributed by atoms with E-state index in [0.717, 1.165) is 22.0 Å². The zero-order valence-electron chi connectivity index (χ0n) is 23.0. The van der Waals surface area contributed by atoms with E-state index < -0.39 is 34.3 Å². The van der Waals surface area contributed by atoms with E-state index in [9.17, 15) is 22.4 Å². The Morgan fingerprint density at radius 1 is 0.925 bits per heavy atom. The molecule has 40 heavy (non-hydrogen) atoms. The number of hydrogen-bond acceptors (Lipinski definition) is 6. The molecule has 214 valence electrons. The molecule has 2 amide bonds. The van der Waals surface area contributed by atoms with Crippen LogP contribution in [0.1, 0.15) is 25.8 Å². The Morgan fingerprint density at radius 3 is 2.15 bits per heavy atom. The van der Waals surface area contributed by atoms with Gasteiger partial charge in [-0.3, -0.25) is 13.9 Å². The van der Waals surface area contributed by atoms with Gasteiger partial charge in [0.05, 0.1) is 24.8 Å². The molecule has 3 rings (SSSR count). The van der Waals surface area contributed by atoms with Gasteiger partial charge < -0.3 is 19.7 Å². The van der Waals surface area contributed by atoms with Gasteiger partial charge in [0.2, 0.25) is 11.8 Å². The normalized spacial score (nSPS) is 11.8. The minimum atomic E-state index is -4.36. The number of nitrogens with zero attached hydrogens (tertiary/aromatic N) is 2. The van der Waals surface area contributed by atoms with Crippen molar-refractivity contribution >= 4 is 27.5 Å². The fourth-order valence-electron chi connectivity index (χ4n) is 4.23. The Bertz CT molecular complexity index is 1400. The number of carbonyl (C=O) groups is 2. The summed E-state index contributed by atoms with van der Waals surface area (Å²) in [5.74, 6) is -0.998. The van der Waals surface area contributed by atoms with Gasteiger partial charge in [-0.25, -0.2) is 12.8 Å². The lowest BCUT2D eigenvalue weighted by molar-refractivity contribution is -0.140. The Balaban J connectivity index is 2.08. The summed E-state index contributed by atoms with van der Waals surface area (Å²) in [7, 11) is -1.56. The SMILES string of the molecule is CCNC(=O)[C@@H](CC)N(Cc1ccccc1)C(=O)CN(c1ccc(F)cc1)S(=O)(=O)c1ccc(OC)c(OC)c1. The predicted molar refractivity (Wildman–Crippen MR) is 150 cm³/mol. The predicted octanol–water partition coefficient (Wildman–Crippen LogP) is 3.98. The highest BCUT2D eigenvalue weighted by atomic mass is 32.2. The highest BCUT2D eigenvalue weighted by Gasteiger charge is 2.34. The number of sulfonamides is 1. The standard InChI is InChI=1S/C29H34FN3O6S/c1-5-25(29(35)31-6-2)32(19-21-10-8-7-9-11-21)28(34)20-33(23-14-12-22(30)13-15-23)40(36,37)24-16-17-26(38-3)27(18-24)39-4/h7-18,25H,5-6,19-20H2,1-4H3,(H,31,35)/t25-/m1/s1. The summed E-state index contributed by atoms with van der Waals surface area (Å²) in [4.78, 5) is 28.1. The number of anilines is 1. The smallest absolute Gasteiger partial charge is 0.264 e. The van der Waals surface area contributed by atoms with Crippen molar-refractivity contribution in [2.75, 3.05) is 31.6 Å². The van der Waals surface area contributed by atoms with Crippen LogP contribution >= 0.6 is 0 Å². The molecule has 0 spiro atoms. The van der Waals surface area contributed by atoms with Crippen molar-refractivity contribution in [1.29, 1.82) is 0 Å². The number of likely N-dealkylation sites (N-methyl/N-ethyl adjacent to an activating group) is 1. The van der Waals surface area contributed by atoms with Crippen LogP contribution in [0, 0.1) is 5.82 Å². The number of amides is 2. The van der Waals surface area contributed by atoms with E-state index in [1.165, 1.54) is 49.5 Å². The molecule has 0 aromatic heterocycles. The number of methoxy groups -OCH3 is 2. The van der Waals surface area contributed by atoms with Crippen LogP contribution in [0.25, 0.3) is 0 Å². The van der Waals surface area contributed by atoms with Crippen molar-refractivity contribution in [2.45, 2.75) is 37.8 Å². The number of hydrogen-bond donors (Lipinski definition) is 1. The fraction of sp³-hybridized carbons (Fsp3) is 0.310. The molecular formula is C29H34FN3O6S. The van der Waals surface area contributed by atoms with Crippen molar-refractivity contribution in [2.24, 2.45) is 0 Å². The second kappa shape index (κ2) is 13.8. The van der Waals surface area contributed by atoms with E-state index >= 15 is 0 Å². The van der Waals surface area contributed by atoms with Crippen LogP contribution in [0.15, 0.2) is 77.7 Å². The molecule has 9 nitrogen and oxygen atoms in total. The zero-order chi connectivity index (χ0) is 29.3. The van der Waals surface area contributed by atoms with E-state index in [1.807, 2.05) is 30.3 Å². The molecule has 1 N–H and O–H groups in total. The molecule has 0 saturated carbocycles. The molecule has 3 aromatic carbocycles. The van der Waals surface area contributed by atoms with E-state index in [2.05, 4.69) is 5.32 Å². The second-order valence-corrected chi connectivity index (χ2v) is 10.7. The maximum Gasteiger partial charge on any atom is 0.264 e. The summed E-state index contributed by atoms with van der Waals surface area (Å²) in [6.07, 6.45) is 0.309. The highest BCUT2D eigenvalue weighted by molar-refractivity contribution is 7.92. The van der Waals surface area contributed by atoms with E-state index in [1.54, 1.807) is 13.8 Å². The summed E-state index contributed by atoms with van der Waals surface area (Å²) in [5, 5.41) is 2.76. The molecule has 0 radical (unpaired) electrons. The molecule has 0 heterocycles. The molecule has 0 bridgehead atoms. The molecule has 0 aliphatic carbocycles. The average molecular weight is 572 g/mol. The first-order chi connectivity index (χ1) is 19.2. The number of ether oxygens (including phenoxy) is 2. The summed E-state index contributed by atoms with van der Waals surface area (Å²) >= 11 is 0. The van der Waals surface area contributed by atoms with Crippen LogP contribution in [0.2, 0.25) is 0 Å². The fourth-order valence-corrected chi connectivity index (χ4v) is 5.66. The van der Waals surface area contributed by atoms with Crippen molar-refractivity contribution < 1.29 is 31.9 Å². The molecule has 11 heteroatoms. The monoisotopic (exact) mass is 571 g/mol. The van der Waals surface area contributed by atoms with Crippen molar-refractivity contribution in [3.05, 3.63) is 84.2 Å². The van der Waals surface area contributed by atoms with Crippen LogP contribution in [0.4, 0.5) is 10.1 Å². The van der Waals surface area contributed by atoms with E-state index in [4.69, 9.17) is 9.47 Å². The van der Waals surface area contributed by atoms with Gasteiger partial charge in [0.1, 0.15) is 18.4 Å². The Kier molecular flexibility index (Phi) is 10.5. The maximum atomic E-state index is 14.0. The Hall–Kier alpha value is -4.12. The third-order valence-electron chi connectivity index (χ3n) is 6.27. The molecule has 1 atom stereocenters. The molecule has 0 aliphatic rings. The first kappa shape index (κ1) is 30.4. The number of rotatable bonds is 13. The molecule has 0 aliphatic heterocycles. The van der Waals surface area contributed by atoms with Crippen LogP contribution in [0.5, 0.6) is 11.5 Å². The van der Waals surface area contributed by atoms with Gasteiger partial charge in [-0.2, -0.15) is 0 Å². The second-order valence-electron chi connectivity index (χ2n) is 8.83. The van der Waals surface area contributed by atoms with E-state index in [0.29, 0.717) is 18.7 Å². The lowest BCUT2D eigenvalue weighted by atomic mass is 10.1. The van der Waals surface area contributed by atoms with Crippen LogP contribution in [-0.4, -0.2) is 58.5 Å². The minimum Gasteiger partial charge on any atom is -0.493 e. The number of nitrogens with one attached hydrogen (secondary N) is 1. The van der Waals surface area contributed by atoms with Gasteiger partial charge in [-0.05, 0) is 55.3 Å². The van der Waals surface area contributed by atoms with Crippen molar-refractivity contribution in [3.63, 3.8) is 0 Å². The Labute approximate surface area is 234 Å². The first-order valence-electron chi connectivity index (χ1n) is 12.8. The maximum absolute atomic E-state index is 14.0. The third-order valence-corrected chi connectivity index (χ3v) is 8.04. The molecular weight excluding hydrogens is 537 g/mol. The van der Waals surface area contributed by atoms with Gasteiger partial charge in [0.15, 0.2) is 11.5 Å². The van der Waals surface area contributed by atoms with Crippen LogP contribution in [0.3, 0.4) is 0 Å². The van der Waals surface area contributed by atoms with Crippen molar-refractivity contribution in [1.82, 2.24) is 10.2 Å². The molecule has 3 aromatic rings. The van der Waals surface area contributed by atoms with Crippen LogP contribution in [-0.2, 0) is 26.2 Å². The van der Waals surface area contributed by atoms with Gasteiger partial charge >= 0.3 is 0 Å². The largest absolute Gasteiger partial charge is 0.493 e. The van der Waals surface area contributed by atoms with Gasteiger partial charge in [0.25, 0.3) is 10.0 Å². The van der Waals surface area contributed by atoms with E-state index in [-0.39, 0.29) is 28.8 Å². The quantitative estimate of drug-likeness (QED) is 0.333.